The van der Waals surface area contributed by atoms with Crippen LogP contribution in [0.25, 0.3) is 0 Å². The third kappa shape index (κ3) is 2.34. The molecule has 98 valence electrons. The molecule has 1 atom stereocenters. The van der Waals surface area contributed by atoms with Crippen LogP contribution in [-0.4, -0.2) is 37.1 Å². The van der Waals surface area contributed by atoms with Crippen LogP contribution in [0.5, 0.6) is 0 Å². The topological polar surface area (TPSA) is 6.48 Å². The van der Waals surface area contributed by atoms with Crippen molar-refractivity contribution >= 4 is 28.9 Å². The van der Waals surface area contributed by atoms with Gasteiger partial charge in [-0.1, -0.05) is 17.7 Å². The zero-order valence-corrected chi connectivity index (χ0v) is 11.9. The van der Waals surface area contributed by atoms with Gasteiger partial charge in [-0.25, -0.2) is 0 Å². The highest BCUT2D eigenvalue weighted by Crippen LogP contribution is 2.31. The van der Waals surface area contributed by atoms with Gasteiger partial charge in [0.2, 0.25) is 0 Å². The molecule has 1 aromatic carbocycles. The van der Waals surface area contributed by atoms with E-state index in [0.717, 1.165) is 41.9 Å². The van der Waals surface area contributed by atoms with Gasteiger partial charge in [0, 0.05) is 31.6 Å². The Labute approximate surface area is 118 Å². The fraction of sp³-hybridized carbons (Fsp3) is 0.571. The molecule has 0 amide bonds. The van der Waals surface area contributed by atoms with Crippen LogP contribution in [0.15, 0.2) is 18.2 Å². The predicted octanol–water partition coefficient (Wildman–Crippen LogP) is 3.36. The lowest BCUT2D eigenvalue weighted by Crippen LogP contribution is -2.50. The van der Waals surface area contributed by atoms with E-state index in [-0.39, 0.29) is 0 Å². The maximum Gasteiger partial charge on any atom is 0.0642 e. The third-order valence-electron chi connectivity index (χ3n) is 4.09. The molecular weight excluding hydrogens is 267 g/mol. The quantitative estimate of drug-likeness (QED) is 0.769. The van der Waals surface area contributed by atoms with Crippen LogP contribution in [0.1, 0.15) is 18.4 Å². The first-order valence-corrected chi connectivity index (χ1v) is 7.52. The Morgan fingerprint density at radius 3 is 2.89 bits per heavy atom. The van der Waals surface area contributed by atoms with Crippen molar-refractivity contribution < 1.29 is 0 Å². The van der Waals surface area contributed by atoms with Crippen LogP contribution >= 0.6 is 23.2 Å². The highest BCUT2D eigenvalue weighted by molar-refractivity contribution is 6.33. The van der Waals surface area contributed by atoms with Crippen molar-refractivity contribution in [2.24, 2.45) is 0 Å². The van der Waals surface area contributed by atoms with Crippen molar-refractivity contribution in [3.63, 3.8) is 0 Å². The van der Waals surface area contributed by atoms with Gasteiger partial charge in [0.25, 0.3) is 0 Å². The molecule has 2 saturated heterocycles. The lowest BCUT2D eigenvalue weighted by molar-refractivity contribution is 0.231. The summed E-state index contributed by atoms with van der Waals surface area (Å²) in [5.41, 5.74) is 2.25. The highest BCUT2D eigenvalue weighted by Gasteiger charge is 2.31. The van der Waals surface area contributed by atoms with Crippen molar-refractivity contribution in [3.05, 3.63) is 28.8 Å². The number of benzene rings is 1. The molecule has 1 unspecified atom stereocenters. The van der Waals surface area contributed by atoms with E-state index in [1.165, 1.54) is 19.4 Å². The molecule has 0 aromatic heterocycles. The number of alkyl halides is 1. The fourth-order valence-electron chi connectivity index (χ4n) is 3.10. The van der Waals surface area contributed by atoms with Crippen molar-refractivity contribution in [2.45, 2.75) is 24.8 Å². The van der Waals surface area contributed by atoms with Crippen LogP contribution in [0.2, 0.25) is 5.02 Å². The summed E-state index contributed by atoms with van der Waals surface area (Å²) < 4.78 is 0. The van der Waals surface area contributed by atoms with Gasteiger partial charge in [-0.2, -0.15) is 0 Å². The molecule has 3 rings (SSSR count). The van der Waals surface area contributed by atoms with E-state index in [2.05, 4.69) is 21.9 Å². The number of hydrogen-bond acceptors (Lipinski definition) is 2. The normalized spacial score (nSPS) is 24.3. The number of hydrogen-bond donors (Lipinski definition) is 0. The molecule has 4 heteroatoms. The average molecular weight is 285 g/mol. The number of fused-ring (bicyclic) bond motifs is 1. The summed E-state index contributed by atoms with van der Waals surface area (Å²) in [4.78, 5) is 5.03. The minimum atomic E-state index is 0.524. The zero-order chi connectivity index (χ0) is 12.5. The Bertz CT molecular complexity index is 436. The van der Waals surface area contributed by atoms with E-state index in [1.54, 1.807) is 0 Å². The summed E-state index contributed by atoms with van der Waals surface area (Å²) in [6, 6.07) is 6.91. The minimum Gasteiger partial charge on any atom is -0.367 e. The third-order valence-corrected chi connectivity index (χ3v) is 4.71. The molecule has 0 spiro atoms. The van der Waals surface area contributed by atoms with E-state index in [9.17, 15) is 0 Å². The molecule has 18 heavy (non-hydrogen) atoms. The van der Waals surface area contributed by atoms with E-state index >= 15 is 0 Å². The average Bonchev–Trinajstić information content (AvgIpc) is 2.85. The van der Waals surface area contributed by atoms with Gasteiger partial charge in [-0.15, -0.1) is 11.6 Å². The van der Waals surface area contributed by atoms with E-state index in [1.807, 2.05) is 6.07 Å². The predicted molar refractivity (Wildman–Crippen MR) is 77.8 cm³/mol. The Morgan fingerprint density at radius 2 is 2.11 bits per heavy atom. The van der Waals surface area contributed by atoms with E-state index < -0.39 is 0 Å². The van der Waals surface area contributed by atoms with Crippen molar-refractivity contribution in [2.75, 3.05) is 31.1 Å². The Morgan fingerprint density at radius 1 is 1.22 bits per heavy atom. The summed E-state index contributed by atoms with van der Waals surface area (Å²) >= 11 is 12.2. The molecule has 1 aromatic rings. The van der Waals surface area contributed by atoms with Crippen molar-refractivity contribution in [1.29, 1.82) is 0 Å². The molecule has 2 heterocycles. The molecule has 0 aliphatic carbocycles. The van der Waals surface area contributed by atoms with Crippen molar-refractivity contribution in [1.82, 2.24) is 4.90 Å². The van der Waals surface area contributed by atoms with E-state index in [4.69, 9.17) is 23.2 Å². The monoisotopic (exact) mass is 284 g/mol. The van der Waals surface area contributed by atoms with E-state index in [0.29, 0.717) is 5.88 Å². The standard InChI is InChI=1S/C14H18Cl2N2/c15-9-11-3-4-14(13(16)8-11)18-7-6-17-5-1-2-12(17)10-18/h3-4,8,12H,1-2,5-7,9-10H2. The first-order valence-electron chi connectivity index (χ1n) is 6.61. The Kier molecular flexibility index (Phi) is 3.69. The zero-order valence-electron chi connectivity index (χ0n) is 10.4. The van der Waals surface area contributed by atoms with Gasteiger partial charge in [-0.3, -0.25) is 4.90 Å². The first-order chi connectivity index (χ1) is 8.78. The molecule has 0 N–H and O–H groups in total. The first kappa shape index (κ1) is 12.6. The summed E-state index contributed by atoms with van der Waals surface area (Å²) in [6.45, 7) is 4.63. The summed E-state index contributed by atoms with van der Waals surface area (Å²) in [5.74, 6) is 0.524. The Hall–Kier alpha value is -0.440. The smallest absolute Gasteiger partial charge is 0.0642 e. The molecule has 0 bridgehead atoms. The molecule has 2 aliphatic heterocycles. The summed E-state index contributed by atoms with van der Waals surface area (Å²) in [7, 11) is 0. The maximum atomic E-state index is 6.37. The summed E-state index contributed by atoms with van der Waals surface area (Å²) in [6.07, 6.45) is 2.67. The molecule has 0 radical (unpaired) electrons. The SMILES string of the molecule is ClCc1ccc(N2CCN3CCCC3C2)c(Cl)c1. The molecule has 2 aliphatic rings. The maximum absolute atomic E-state index is 6.37. The number of piperazine rings is 1. The highest BCUT2D eigenvalue weighted by atomic mass is 35.5. The van der Waals surface area contributed by atoms with Crippen LogP contribution in [0, 0.1) is 0 Å². The van der Waals surface area contributed by atoms with Crippen LogP contribution in [0.4, 0.5) is 5.69 Å². The largest absolute Gasteiger partial charge is 0.367 e. The summed E-state index contributed by atoms with van der Waals surface area (Å²) in [5, 5.41) is 0.833. The lowest BCUT2D eigenvalue weighted by atomic mass is 10.1. The second-order valence-electron chi connectivity index (χ2n) is 5.20. The number of nitrogens with zero attached hydrogens (tertiary/aromatic N) is 2. The minimum absolute atomic E-state index is 0.524. The van der Waals surface area contributed by atoms with Crippen LogP contribution in [0.3, 0.4) is 0 Å². The second-order valence-corrected chi connectivity index (χ2v) is 5.87. The molecule has 2 nitrogen and oxygen atoms in total. The fourth-order valence-corrected chi connectivity index (χ4v) is 3.59. The van der Waals surface area contributed by atoms with Crippen LogP contribution < -0.4 is 4.90 Å². The number of halogens is 2. The molecule has 2 fully saturated rings. The van der Waals surface area contributed by atoms with Gasteiger partial charge in [-0.05, 0) is 37.1 Å². The number of anilines is 1. The van der Waals surface area contributed by atoms with Gasteiger partial charge in [0.1, 0.15) is 0 Å². The molecule has 0 saturated carbocycles. The number of rotatable bonds is 2. The van der Waals surface area contributed by atoms with Gasteiger partial charge < -0.3 is 4.90 Å². The van der Waals surface area contributed by atoms with Gasteiger partial charge in [0.15, 0.2) is 0 Å². The Balaban J connectivity index is 1.78. The van der Waals surface area contributed by atoms with Gasteiger partial charge >= 0.3 is 0 Å². The lowest BCUT2D eigenvalue weighted by Gasteiger charge is -2.39. The molecular formula is C14H18Cl2N2. The van der Waals surface area contributed by atoms with Gasteiger partial charge in [0.05, 0.1) is 10.7 Å². The van der Waals surface area contributed by atoms with Crippen molar-refractivity contribution in [3.8, 4) is 0 Å². The van der Waals surface area contributed by atoms with Crippen LogP contribution in [-0.2, 0) is 5.88 Å². The second kappa shape index (κ2) is 5.28.